The third-order valence-corrected chi connectivity index (χ3v) is 4.63. The number of carbonyl (C=O) groups is 1. The lowest BCUT2D eigenvalue weighted by Gasteiger charge is -2.04. The van der Waals surface area contributed by atoms with Crippen LogP contribution in [0.1, 0.15) is 20.3 Å². The average molecular weight is 251 g/mol. The second kappa shape index (κ2) is 4.97. The zero-order valence-electron chi connectivity index (χ0n) is 9.27. The van der Waals surface area contributed by atoms with Crippen LogP contribution in [0.2, 0.25) is 0 Å². The van der Waals surface area contributed by atoms with Crippen LogP contribution >= 0.6 is 23.1 Å². The molecule has 0 amide bonds. The minimum absolute atomic E-state index is 0.00515. The van der Waals surface area contributed by atoms with Crippen molar-refractivity contribution >= 4 is 39.1 Å². The Bertz CT molecular complexity index is 473. The molecule has 0 N–H and O–H groups in total. The molecule has 84 valence electrons. The summed E-state index contributed by atoms with van der Waals surface area (Å²) in [6.45, 7) is 3.85. The van der Waals surface area contributed by atoms with Crippen molar-refractivity contribution in [2.75, 3.05) is 0 Å². The Morgan fingerprint density at radius 3 is 2.94 bits per heavy atom. The molecule has 0 bridgehead atoms. The fourth-order valence-corrected chi connectivity index (χ4v) is 3.75. The van der Waals surface area contributed by atoms with Crippen LogP contribution < -0.4 is 0 Å². The molecule has 0 fully saturated rings. The molecule has 0 aliphatic heterocycles. The van der Waals surface area contributed by atoms with Gasteiger partial charge in [0.1, 0.15) is 5.78 Å². The van der Waals surface area contributed by atoms with Crippen molar-refractivity contribution in [3.63, 3.8) is 0 Å². The maximum absolute atomic E-state index is 11.5. The summed E-state index contributed by atoms with van der Waals surface area (Å²) in [5.74, 6) is 0.282. The molecule has 0 spiro atoms. The maximum Gasteiger partial charge on any atom is 0.151 e. The smallest absolute Gasteiger partial charge is 0.151 e. The van der Waals surface area contributed by atoms with Crippen molar-refractivity contribution in [1.29, 1.82) is 0 Å². The molecule has 0 aliphatic carbocycles. The molecule has 2 aromatic rings. The van der Waals surface area contributed by atoms with Gasteiger partial charge in [-0.3, -0.25) is 4.79 Å². The van der Waals surface area contributed by atoms with E-state index in [0.717, 1.165) is 9.86 Å². The molecule has 1 unspecified atom stereocenters. The second-order valence-electron chi connectivity index (χ2n) is 3.53. The Labute approximate surface area is 103 Å². The van der Waals surface area contributed by atoms with E-state index in [9.17, 15) is 4.79 Å². The summed E-state index contributed by atoms with van der Waals surface area (Å²) in [4.78, 5) is 16.0. The van der Waals surface area contributed by atoms with Crippen molar-refractivity contribution < 1.29 is 4.79 Å². The van der Waals surface area contributed by atoms with Crippen LogP contribution in [-0.2, 0) is 4.79 Å². The van der Waals surface area contributed by atoms with Crippen LogP contribution in [-0.4, -0.2) is 16.0 Å². The molecule has 4 heteroatoms. The highest BCUT2D eigenvalue weighted by Crippen LogP contribution is 2.32. The van der Waals surface area contributed by atoms with Gasteiger partial charge in [0.2, 0.25) is 0 Å². The van der Waals surface area contributed by atoms with Crippen LogP contribution in [0.25, 0.3) is 10.2 Å². The minimum atomic E-state index is 0.00515. The molecule has 1 aromatic carbocycles. The average Bonchev–Trinajstić information content (AvgIpc) is 2.69. The predicted octanol–water partition coefficient (Wildman–Crippen LogP) is 3.76. The fourth-order valence-electron chi connectivity index (χ4n) is 1.41. The van der Waals surface area contributed by atoms with Gasteiger partial charge in [-0.1, -0.05) is 30.8 Å². The molecular formula is C12H13NOS2. The molecule has 1 atom stereocenters. The lowest BCUT2D eigenvalue weighted by atomic mass is 10.2. The number of nitrogens with zero attached hydrogens (tertiary/aromatic N) is 1. The van der Waals surface area contributed by atoms with Gasteiger partial charge in [0, 0.05) is 6.42 Å². The topological polar surface area (TPSA) is 30.0 Å². The number of para-hydroxylation sites is 1. The van der Waals surface area contributed by atoms with E-state index in [2.05, 4.69) is 11.1 Å². The number of benzene rings is 1. The molecule has 16 heavy (non-hydrogen) atoms. The van der Waals surface area contributed by atoms with E-state index in [4.69, 9.17) is 0 Å². The number of thioether (sulfide) groups is 1. The summed E-state index contributed by atoms with van der Waals surface area (Å²) in [5.41, 5.74) is 1.02. The molecule has 1 heterocycles. The van der Waals surface area contributed by atoms with E-state index in [1.807, 2.05) is 32.0 Å². The van der Waals surface area contributed by atoms with Gasteiger partial charge >= 0.3 is 0 Å². The highest BCUT2D eigenvalue weighted by molar-refractivity contribution is 8.02. The maximum atomic E-state index is 11.5. The van der Waals surface area contributed by atoms with Crippen LogP contribution in [0, 0.1) is 0 Å². The first-order valence-electron chi connectivity index (χ1n) is 5.25. The lowest BCUT2D eigenvalue weighted by Crippen LogP contribution is -2.10. The van der Waals surface area contributed by atoms with Crippen molar-refractivity contribution in [3.05, 3.63) is 24.3 Å². The van der Waals surface area contributed by atoms with Gasteiger partial charge < -0.3 is 0 Å². The molecule has 2 rings (SSSR count). The van der Waals surface area contributed by atoms with E-state index in [0.29, 0.717) is 6.42 Å². The third kappa shape index (κ3) is 2.44. The first kappa shape index (κ1) is 11.6. The van der Waals surface area contributed by atoms with Crippen LogP contribution in [0.15, 0.2) is 28.6 Å². The van der Waals surface area contributed by atoms with E-state index in [-0.39, 0.29) is 11.0 Å². The van der Waals surface area contributed by atoms with E-state index < -0.39 is 0 Å². The van der Waals surface area contributed by atoms with Crippen molar-refractivity contribution in [2.45, 2.75) is 29.9 Å². The number of carbonyl (C=O) groups excluding carboxylic acids is 1. The first-order chi connectivity index (χ1) is 7.70. The Morgan fingerprint density at radius 1 is 1.50 bits per heavy atom. The zero-order valence-corrected chi connectivity index (χ0v) is 10.9. The van der Waals surface area contributed by atoms with Crippen molar-refractivity contribution in [3.8, 4) is 0 Å². The monoisotopic (exact) mass is 251 g/mol. The Morgan fingerprint density at radius 2 is 2.25 bits per heavy atom. The summed E-state index contributed by atoms with van der Waals surface area (Å²) >= 11 is 3.21. The summed E-state index contributed by atoms with van der Waals surface area (Å²) in [7, 11) is 0. The first-order valence-corrected chi connectivity index (χ1v) is 6.95. The molecule has 0 saturated carbocycles. The van der Waals surface area contributed by atoms with Crippen LogP contribution in [0.4, 0.5) is 0 Å². The van der Waals surface area contributed by atoms with Gasteiger partial charge in [0.05, 0.1) is 15.5 Å². The largest absolute Gasteiger partial charge is 0.298 e. The van der Waals surface area contributed by atoms with E-state index >= 15 is 0 Å². The van der Waals surface area contributed by atoms with E-state index in [1.165, 1.54) is 4.70 Å². The fraction of sp³-hybridized carbons (Fsp3) is 0.333. The summed E-state index contributed by atoms with van der Waals surface area (Å²) in [6.07, 6.45) is 0.596. The molecule has 0 aliphatic rings. The number of hydrogen-bond acceptors (Lipinski definition) is 4. The SMILES string of the molecule is CCC(=O)C(C)Sc1nc2ccccc2s1. The number of hydrogen-bond donors (Lipinski definition) is 0. The quantitative estimate of drug-likeness (QED) is 0.775. The summed E-state index contributed by atoms with van der Waals surface area (Å²) in [6, 6.07) is 8.05. The summed E-state index contributed by atoms with van der Waals surface area (Å²) in [5, 5.41) is 0.00515. The Balaban J connectivity index is 2.18. The van der Waals surface area contributed by atoms with Crippen molar-refractivity contribution in [2.24, 2.45) is 0 Å². The molecule has 2 nitrogen and oxygen atoms in total. The lowest BCUT2D eigenvalue weighted by molar-refractivity contribution is -0.117. The number of rotatable bonds is 4. The van der Waals surface area contributed by atoms with Gasteiger partial charge in [-0.15, -0.1) is 11.3 Å². The van der Waals surface area contributed by atoms with Gasteiger partial charge in [-0.25, -0.2) is 4.98 Å². The zero-order chi connectivity index (χ0) is 11.5. The molecule has 1 aromatic heterocycles. The van der Waals surface area contributed by atoms with Crippen LogP contribution in [0.3, 0.4) is 0 Å². The highest BCUT2D eigenvalue weighted by Gasteiger charge is 2.14. The second-order valence-corrected chi connectivity index (χ2v) is 6.15. The number of Topliss-reactive ketones (excluding diaryl/α,β-unsaturated/α-hetero) is 1. The van der Waals surface area contributed by atoms with Gasteiger partial charge in [-0.05, 0) is 19.1 Å². The molecular weight excluding hydrogens is 238 g/mol. The third-order valence-electron chi connectivity index (χ3n) is 2.35. The number of ketones is 1. The van der Waals surface area contributed by atoms with Crippen molar-refractivity contribution in [1.82, 2.24) is 4.98 Å². The van der Waals surface area contributed by atoms with Gasteiger partial charge in [-0.2, -0.15) is 0 Å². The predicted molar refractivity (Wildman–Crippen MR) is 70.2 cm³/mol. The Kier molecular flexibility index (Phi) is 3.61. The van der Waals surface area contributed by atoms with Gasteiger partial charge in [0.15, 0.2) is 4.34 Å². The number of fused-ring (bicyclic) bond motifs is 1. The normalized spacial score (nSPS) is 12.9. The molecule has 0 radical (unpaired) electrons. The highest BCUT2D eigenvalue weighted by atomic mass is 32.2. The van der Waals surface area contributed by atoms with Crippen LogP contribution in [0.5, 0.6) is 0 Å². The van der Waals surface area contributed by atoms with Gasteiger partial charge in [0.25, 0.3) is 0 Å². The molecule has 0 saturated heterocycles. The number of aromatic nitrogens is 1. The van der Waals surface area contributed by atoms with E-state index in [1.54, 1.807) is 23.1 Å². The number of thiazole rings is 1. The standard InChI is InChI=1S/C12H13NOS2/c1-3-10(14)8(2)15-12-13-9-6-4-5-7-11(9)16-12/h4-8H,3H2,1-2H3. The minimum Gasteiger partial charge on any atom is -0.298 e. The Hall–Kier alpha value is -0.870. The summed E-state index contributed by atoms with van der Waals surface area (Å²) < 4.78 is 2.16.